The molecule has 0 bridgehead atoms. The summed E-state index contributed by atoms with van der Waals surface area (Å²) in [7, 11) is 0. The molecule has 1 unspecified atom stereocenters. The number of aryl methyl sites for hydroxylation is 1. The Morgan fingerprint density at radius 3 is 2.86 bits per heavy atom. The Balaban J connectivity index is 1.90. The number of hydrogen-bond acceptors (Lipinski definition) is 6. The van der Waals surface area contributed by atoms with E-state index < -0.39 is 12.0 Å². The molecular formula is C14H21N3O5. The van der Waals surface area contributed by atoms with E-state index in [-0.39, 0.29) is 31.3 Å². The van der Waals surface area contributed by atoms with Gasteiger partial charge in [-0.2, -0.15) is 4.98 Å². The summed E-state index contributed by atoms with van der Waals surface area (Å²) >= 11 is 0. The number of rotatable bonds is 6. The standard InChI is InChI=1S/C14H21N3O5/c1-9(2)14-15-11(22-16-14)3-4-12(18)17-5-6-21-8-10(17)7-13(19)20/h9-10H,3-8H2,1-2H3,(H,19,20). The number of hydrogen-bond donors (Lipinski definition) is 1. The molecule has 1 atom stereocenters. The highest BCUT2D eigenvalue weighted by molar-refractivity contribution is 5.78. The Morgan fingerprint density at radius 2 is 2.23 bits per heavy atom. The minimum absolute atomic E-state index is 0.107. The van der Waals surface area contributed by atoms with Gasteiger partial charge in [-0.1, -0.05) is 19.0 Å². The number of aliphatic carboxylic acids is 1. The minimum Gasteiger partial charge on any atom is -0.481 e. The third-order valence-corrected chi connectivity index (χ3v) is 3.51. The minimum atomic E-state index is -0.938. The van der Waals surface area contributed by atoms with E-state index in [1.54, 1.807) is 4.90 Å². The van der Waals surface area contributed by atoms with Crippen molar-refractivity contribution in [1.82, 2.24) is 15.0 Å². The van der Waals surface area contributed by atoms with Crippen LogP contribution < -0.4 is 0 Å². The summed E-state index contributed by atoms with van der Waals surface area (Å²) in [5.41, 5.74) is 0. The Labute approximate surface area is 128 Å². The van der Waals surface area contributed by atoms with Crippen molar-refractivity contribution >= 4 is 11.9 Å². The summed E-state index contributed by atoms with van der Waals surface area (Å²) < 4.78 is 10.4. The van der Waals surface area contributed by atoms with E-state index in [2.05, 4.69) is 10.1 Å². The fraction of sp³-hybridized carbons (Fsp3) is 0.714. The molecule has 1 saturated heterocycles. The molecule has 0 spiro atoms. The van der Waals surface area contributed by atoms with Crippen LogP contribution in [0.2, 0.25) is 0 Å². The van der Waals surface area contributed by atoms with Crippen molar-refractivity contribution in [2.24, 2.45) is 0 Å². The SMILES string of the molecule is CC(C)c1noc(CCC(=O)N2CCOCC2CC(=O)O)n1. The van der Waals surface area contributed by atoms with Crippen molar-refractivity contribution in [1.29, 1.82) is 0 Å². The fourth-order valence-electron chi connectivity index (χ4n) is 2.32. The fourth-order valence-corrected chi connectivity index (χ4v) is 2.32. The van der Waals surface area contributed by atoms with Crippen molar-refractivity contribution in [3.05, 3.63) is 11.7 Å². The molecule has 1 aromatic rings. The van der Waals surface area contributed by atoms with Crippen LogP contribution in [0.4, 0.5) is 0 Å². The zero-order valence-corrected chi connectivity index (χ0v) is 12.8. The van der Waals surface area contributed by atoms with Gasteiger partial charge in [-0.05, 0) is 0 Å². The van der Waals surface area contributed by atoms with Crippen LogP contribution in [0.3, 0.4) is 0 Å². The molecule has 0 saturated carbocycles. The Bertz CT molecular complexity index is 528. The van der Waals surface area contributed by atoms with Crippen LogP contribution >= 0.6 is 0 Å². The molecule has 122 valence electrons. The van der Waals surface area contributed by atoms with Crippen LogP contribution in [0.25, 0.3) is 0 Å². The summed E-state index contributed by atoms with van der Waals surface area (Å²) in [5.74, 6) is 0.177. The van der Waals surface area contributed by atoms with E-state index in [0.717, 1.165) is 0 Å². The van der Waals surface area contributed by atoms with Gasteiger partial charge in [-0.3, -0.25) is 9.59 Å². The monoisotopic (exact) mass is 311 g/mol. The number of carbonyl (C=O) groups is 2. The molecule has 1 aromatic heterocycles. The molecule has 1 fully saturated rings. The molecule has 2 rings (SSSR count). The van der Waals surface area contributed by atoms with Gasteiger partial charge in [0, 0.05) is 25.3 Å². The first-order chi connectivity index (χ1) is 10.5. The molecule has 8 nitrogen and oxygen atoms in total. The van der Waals surface area contributed by atoms with Gasteiger partial charge in [0.25, 0.3) is 0 Å². The highest BCUT2D eigenvalue weighted by atomic mass is 16.5. The normalized spacial score (nSPS) is 18.7. The highest BCUT2D eigenvalue weighted by Gasteiger charge is 2.29. The van der Waals surface area contributed by atoms with Crippen molar-refractivity contribution in [2.45, 2.75) is 45.1 Å². The maximum atomic E-state index is 12.3. The van der Waals surface area contributed by atoms with Crippen molar-refractivity contribution < 1.29 is 24.0 Å². The van der Waals surface area contributed by atoms with Gasteiger partial charge >= 0.3 is 5.97 Å². The van der Waals surface area contributed by atoms with Crippen LogP contribution in [0.1, 0.15) is 44.3 Å². The van der Waals surface area contributed by atoms with Gasteiger partial charge in [0.15, 0.2) is 5.82 Å². The van der Waals surface area contributed by atoms with E-state index in [9.17, 15) is 9.59 Å². The van der Waals surface area contributed by atoms with E-state index in [1.165, 1.54) is 0 Å². The van der Waals surface area contributed by atoms with Crippen molar-refractivity contribution in [3.8, 4) is 0 Å². The number of morpholine rings is 1. The predicted molar refractivity (Wildman–Crippen MR) is 75.3 cm³/mol. The van der Waals surface area contributed by atoms with Crippen LogP contribution in [0.5, 0.6) is 0 Å². The van der Waals surface area contributed by atoms with E-state index in [1.807, 2.05) is 13.8 Å². The number of ether oxygens (including phenoxy) is 1. The molecule has 1 aliphatic rings. The molecule has 0 aliphatic carbocycles. The zero-order chi connectivity index (χ0) is 16.1. The number of nitrogens with zero attached hydrogens (tertiary/aromatic N) is 3. The smallest absolute Gasteiger partial charge is 0.305 e. The van der Waals surface area contributed by atoms with Crippen LogP contribution in [-0.2, 0) is 20.7 Å². The molecule has 2 heterocycles. The number of carbonyl (C=O) groups excluding carboxylic acids is 1. The van der Waals surface area contributed by atoms with Gasteiger partial charge in [0.05, 0.1) is 25.7 Å². The third-order valence-electron chi connectivity index (χ3n) is 3.51. The van der Waals surface area contributed by atoms with Gasteiger partial charge < -0.3 is 19.3 Å². The van der Waals surface area contributed by atoms with Crippen LogP contribution in [0.15, 0.2) is 4.52 Å². The summed E-state index contributed by atoms with van der Waals surface area (Å²) in [4.78, 5) is 29.0. The Hall–Kier alpha value is -1.96. The van der Waals surface area contributed by atoms with Gasteiger partial charge in [-0.15, -0.1) is 0 Å². The second kappa shape index (κ2) is 7.35. The molecule has 1 aliphatic heterocycles. The van der Waals surface area contributed by atoms with Crippen LogP contribution in [0, 0.1) is 0 Å². The van der Waals surface area contributed by atoms with Gasteiger partial charge in [0.1, 0.15) is 0 Å². The molecule has 0 aromatic carbocycles. The average molecular weight is 311 g/mol. The summed E-state index contributed by atoms with van der Waals surface area (Å²) in [6.07, 6.45) is 0.468. The van der Waals surface area contributed by atoms with Crippen LogP contribution in [-0.4, -0.2) is 57.8 Å². The lowest BCUT2D eigenvalue weighted by Gasteiger charge is -2.34. The number of carboxylic acids is 1. The van der Waals surface area contributed by atoms with Gasteiger partial charge in [-0.25, -0.2) is 0 Å². The zero-order valence-electron chi connectivity index (χ0n) is 12.8. The van der Waals surface area contributed by atoms with E-state index in [4.69, 9.17) is 14.4 Å². The lowest BCUT2D eigenvalue weighted by atomic mass is 10.1. The molecule has 1 N–H and O–H groups in total. The van der Waals surface area contributed by atoms with E-state index in [0.29, 0.717) is 31.3 Å². The average Bonchev–Trinajstić information content (AvgIpc) is 2.94. The molecule has 0 radical (unpaired) electrons. The second-order valence-corrected chi connectivity index (χ2v) is 5.61. The first-order valence-electron chi connectivity index (χ1n) is 7.39. The summed E-state index contributed by atoms with van der Waals surface area (Å²) in [6.45, 7) is 5.03. The molecule has 22 heavy (non-hydrogen) atoms. The highest BCUT2D eigenvalue weighted by Crippen LogP contribution is 2.15. The lowest BCUT2D eigenvalue weighted by molar-refractivity contribution is -0.146. The maximum absolute atomic E-state index is 12.3. The molecule has 8 heteroatoms. The quantitative estimate of drug-likeness (QED) is 0.829. The molecular weight excluding hydrogens is 290 g/mol. The van der Waals surface area contributed by atoms with Gasteiger partial charge in [0.2, 0.25) is 11.8 Å². The van der Waals surface area contributed by atoms with E-state index >= 15 is 0 Å². The lowest BCUT2D eigenvalue weighted by Crippen LogP contribution is -2.49. The first kappa shape index (κ1) is 16.4. The Morgan fingerprint density at radius 1 is 1.45 bits per heavy atom. The summed E-state index contributed by atoms with van der Waals surface area (Å²) in [5, 5.41) is 12.8. The molecule has 1 amide bonds. The Kier molecular flexibility index (Phi) is 5.48. The third kappa shape index (κ3) is 4.27. The van der Waals surface area contributed by atoms with Crippen molar-refractivity contribution in [2.75, 3.05) is 19.8 Å². The topological polar surface area (TPSA) is 106 Å². The predicted octanol–water partition coefficient (Wildman–Crippen LogP) is 0.828. The first-order valence-corrected chi connectivity index (χ1v) is 7.39. The second-order valence-electron chi connectivity index (χ2n) is 5.61. The largest absolute Gasteiger partial charge is 0.481 e. The number of aromatic nitrogens is 2. The number of carboxylic acid groups (broad SMARTS) is 1. The summed E-state index contributed by atoms with van der Waals surface area (Å²) in [6, 6.07) is -0.410. The van der Waals surface area contributed by atoms with Crippen molar-refractivity contribution in [3.63, 3.8) is 0 Å². The maximum Gasteiger partial charge on any atom is 0.305 e. The number of amides is 1.